The summed E-state index contributed by atoms with van der Waals surface area (Å²) in [4.78, 5) is 23.3. The Labute approximate surface area is 139 Å². The van der Waals surface area contributed by atoms with E-state index >= 15 is 0 Å². The zero-order chi connectivity index (χ0) is 17.5. The van der Waals surface area contributed by atoms with Crippen LogP contribution in [-0.4, -0.2) is 29.2 Å². The molecule has 24 heavy (non-hydrogen) atoms. The number of phenols is 1. The monoisotopic (exact) mass is 327 g/mol. The molecule has 1 atom stereocenters. The summed E-state index contributed by atoms with van der Waals surface area (Å²) in [5, 5.41) is 21.2. The number of carboxylic acid groups (broad SMARTS) is 1. The second-order valence-electron chi connectivity index (χ2n) is 4.96. The number of carboxylic acids is 1. The molecule has 3 N–H and O–H groups in total. The standard InChI is InChI=1S/C18H17NO5/c1-24-15-11-12(7-9-14(15)20)8-10-16(21)19-17(18(22)23)13-5-3-2-4-6-13/h2-11,17,20H,1H3,(H,19,21)(H,22,23)/b10-8+/t17-/m1/s1. The summed E-state index contributed by atoms with van der Waals surface area (Å²) >= 11 is 0. The van der Waals surface area contributed by atoms with Gasteiger partial charge in [0, 0.05) is 6.08 Å². The first kappa shape index (κ1) is 17.1. The van der Waals surface area contributed by atoms with Gasteiger partial charge in [-0.1, -0.05) is 36.4 Å². The number of aliphatic carboxylic acids is 1. The van der Waals surface area contributed by atoms with Crippen molar-refractivity contribution >= 4 is 18.0 Å². The van der Waals surface area contributed by atoms with Gasteiger partial charge in [0.1, 0.15) is 0 Å². The van der Waals surface area contributed by atoms with Gasteiger partial charge in [-0.3, -0.25) is 4.79 Å². The fourth-order valence-corrected chi connectivity index (χ4v) is 2.09. The topological polar surface area (TPSA) is 95.9 Å². The molecule has 6 nitrogen and oxygen atoms in total. The second-order valence-corrected chi connectivity index (χ2v) is 4.96. The first-order chi connectivity index (χ1) is 11.5. The fraction of sp³-hybridized carbons (Fsp3) is 0.111. The van der Waals surface area contributed by atoms with Crippen molar-refractivity contribution in [2.45, 2.75) is 6.04 Å². The molecule has 2 aromatic rings. The average Bonchev–Trinajstić information content (AvgIpc) is 2.59. The number of ether oxygens (including phenoxy) is 1. The number of hydrogen-bond donors (Lipinski definition) is 3. The van der Waals surface area contributed by atoms with Crippen molar-refractivity contribution in [2.75, 3.05) is 7.11 Å². The highest BCUT2D eigenvalue weighted by Crippen LogP contribution is 2.26. The number of amides is 1. The summed E-state index contributed by atoms with van der Waals surface area (Å²) in [7, 11) is 1.42. The van der Waals surface area contributed by atoms with Crippen LogP contribution in [0.4, 0.5) is 0 Å². The van der Waals surface area contributed by atoms with Crippen LogP contribution in [0, 0.1) is 0 Å². The van der Waals surface area contributed by atoms with E-state index in [1.54, 1.807) is 42.5 Å². The van der Waals surface area contributed by atoms with Gasteiger partial charge in [0.05, 0.1) is 7.11 Å². The quantitative estimate of drug-likeness (QED) is 0.708. The van der Waals surface area contributed by atoms with Crippen molar-refractivity contribution in [3.63, 3.8) is 0 Å². The molecule has 6 heteroatoms. The number of methoxy groups -OCH3 is 1. The van der Waals surface area contributed by atoms with Crippen LogP contribution in [0.15, 0.2) is 54.6 Å². The van der Waals surface area contributed by atoms with E-state index in [9.17, 15) is 19.8 Å². The van der Waals surface area contributed by atoms with Crippen LogP contribution in [0.2, 0.25) is 0 Å². The molecule has 0 aromatic heterocycles. The van der Waals surface area contributed by atoms with E-state index < -0.39 is 17.9 Å². The van der Waals surface area contributed by atoms with Gasteiger partial charge >= 0.3 is 5.97 Å². The number of phenolic OH excluding ortho intramolecular Hbond substituents is 1. The molecule has 0 saturated carbocycles. The Morgan fingerprint density at radius 1 is 1.17 bits per heavy atom. The van der Waals surface area contributed by atoms with Gasteiger partial charge in [-0.05, 0) is 29.3 Å². The zero-order valence-electron chi connectivity index (χ0n) is 13.0. The summed E-state index contributed by atoms with van der Waals surface area (Å²) in [6.07, 6.45) is 2.73. The molecular weight excluding hydrogens is 310 g/mol. The molecule has 0 aliphatic rings. The molecule has 0 radical (unpaired) electrons. The third kappa shape index (κ3) is 4.36. The lowest BCUT2D eigenvalue weighted by molar-refractivity contribution is -0.141. The minimum Gasteiger partial charge on any atom is -0.504 e. The van der Waals surface area contributed by atoms with Crippen LogP contribution >= 0.6 is 0 Å². The molecule has 2 aromatic carbocycles. The first-order valence-electron chi connectivity index (χ1n) is 7.14. The van der Waals surface area contributed by atoms with Crippen molar-refractivity contribution in [1.29, 1.82) is 0 Å². The molecule has 124 valence electrons. The first-order valence-corrected chi connectivity index (χ1v) is 7.14. The molecule has 2 rings (SSSR count). The van der Waals surface area contributed by atoms with E-state index in [0.29, 0.717) is 11.1 Å². The number of carbonyl (C=O) groups excluding carboxylic acids is 1. The van der Waals surface area contributed by atoms with Crippen molar-refractivity contribution < 1.29 is 24.5 Å². The average molecular weight is 327 g/mol. The highest BCUT2D eigenvalue weighted by molar-refractivity contribution is 5.94. The smallest absolute Gasteiger partial charge is 0.330 e. The Hall–Kier alpha value is -3.28. The number of aromatic hydroxyl groups is 1. The van der Waals surface area contributed by atoms with E-state index in [4.69, 9.17) is 4.74 Å². The largest absolute Gasteiger partial charge is 0.504 e. The maximum atomic E-state index is 12.0. The predicted molar refractivity (Wildman–Crippen MR) is 88.7 cm³/mol. The number of nitrogens with one attached hydrogen (secondary N) is 1. The third-order valence-electron chi connectivity index (χ3n) is 3.30. The SMILES string of the molecule is COc1cc(/C=C/C(=O)N[C@@H](C(=O)O)c2ccccc2)ccc1O. The molecule has 0 saturated heterocycles. The van der Waals surface area contributed by atoms with Crippen LogP contribution < -0.4 is 10.1 Å². The predicted octanol–water partition coefficient (Wildman–Crippen LogP) is 2.36. The van der Waals surface area contributed by atoms with Gasteiger partial charge in [0.15, 0.2) is 17.5 Å². The third-order valence-corrected chi connectivity index (χ3v) is 3.30. The molecular formula is C18H17NO5. The summed E-state index contributed by atoms with van der Waals surface area (Å²) < 4.78 is 4.98. The van der Waals surface area contributed by atoms with Crippen molar-refractivity contribution in [3.05, 3.63) is 65.7 Å². The van der Waals surface area contributed by atoms with E-state index in [0.717, 1.165) is 0 Å². The van der Waals surface area contributed by atoms with Crippen molar-refractivity contribution in [3.8, 4) is 11.5 Å². The normalized spacial score (nSPS) is 11.9. The minimum absolute atomic E-state index is 0.00544. The maximum Gasteiger partial charge on any atom is 0.330 e. The van der Waals surface area contributed by atoms with Gasteiger partial charge in [-0.15, -0.1) is 0 Å². The van der Waals surface area contributed by atoms with E-state index in [1.807, 2.05) is 0 Å². The number of benzene rings is 2. The van der Waals surface area contributed by atoms with E-state index in [-0.39, 0.29) is 11.5 Å². The fourth-order valence-electron chi connectivity index (χ4n) is 2.09. The van der Waals surface area contributed by atoms with Crippen molar-refractivity contribution in [1.82, 2.24) is 5.32 Å². The summed E-state index contributed by atoms with van der Waals surface area (Å²) in [5.74, 6) is -1.41. The van der Waals surface area contributed by atoms with Crippen LogP contribution in [-0.2, 0) is 9.59 Å². The summed E-state index contributed by atoms with van der Waals surface area (Å²) in [6.45, 7) is 0. The minimum atomic E-state index is -1.14. The number of carbonyl (C=O) groups is 2. The highest BCUT2D eigenvalue weighted by Gasteiger charge is 2.20. The molecule has 0 bridgehead atoms. The van der Waals surface area contributed by atoms with E-state index in [1.165, 1.54) is 25.3 Å². The Kier molecular flexibility index (Phi) is 5.57. The Morgan fingerprint density at radius 2 is 1.88 bits per heavy atom. The van der Waals surface area contributed by atoms with Crippen LogP contribution in [0.3, 0.4) is 0 Å². The molecule has 0 aliphatic heterocycles. The van der Waals surface area contributed by atoms with Gasteiger partial charge in [-0.2, -0.15) is 0 Å². The molecule has 0 fully saturated rings. The van der Waals surface area contributed by atoms with Gasteiger partial charge < -0.3 is 20.3 Å². The van der Waals surface area contributed by atoms with Gasteiger partial charge in [0.25, 0.3) is 0 Å². The van der Waals surface area contributed by atoms with Crippen molar-refractivity contribution in [2.24, 2.45) is 0 Å². The van der Waals surface area contributed by atoms with Gasteiger partial charge in [-0.25, -0.2) is 4.79 Å². The lowest BCUT2D eigenvalue weighted by Gasteiger charge is -2.13. The highest BCUT2D eigenvalue weighted by atomic mass is 16.5. The Balaban J connectivity index is 2.10. The van der Waals surface area contributed by atoms with Crippen LogP contribution in [0.1, 0.15) is 17.2 Å². The molecule has 1 amide bonds. The molecule has 0 heterocycles. The van der Waals surface area contributed by atoms with Crippen LogP contribution in [0.5, 0.6) is 11.5 Å². The molecule has 0 spiro atoms. The Morgan fingerprint density at radius 3 is 2.50 bits per heavy atom. The van der Waals surface area contributed by atoms with Crippen LogP contribution in [0.25, 0.3) is 6.08 Å². The second kappa shape index (κ2) is 7.82. The Bertz CT molecular complexity index is 755. The summed E-state index contributed by atoms with van der Waals surface area (Å²) in [6, 6.07) is 11.9. The lowest BCUT2D eigenvalue weighted by atomic mass is 10.1. The summed E-state index contributed by atoms with van der Waals surface area (Å²) in [5.41, 5.74) is 1.12. The van der Waals surface area contributed by atoms with Gasteiger partial charge in [0.2, 0.25) is 5.91 Å². The molecule has 0 unspecified atom stereocenters. The molecule has 0 aliphatic carbocycles. The number of rotatable bonds is 6. The zero-order valence-corrected chi connectivity index (χ0v) is 13.0. The maximum absolute atomic E-state index is 12.0. The number of hydrogen-bond acceptors (Lipinski definition) is 4. The van der Waals surface area contributed by atoms with E-state index in [2.05, 4.69) is 5.32 Å². The lowest BCUT2D eigenvalue weighted by Crippen LogP contribution is -2.32.